The van der Waals surface area contributed by atoms with E-state index >= 15 is 0 Å². The summed E-state index contributed by atoms with van der Waals surface area (Å²) in [4.78, 5) is 10.6. The normalized spacial score (nSPS) is 12.3. The Morgan fingerprint density at radius 3 is 1.73 bits per heavy atom. The molecular weight excluding hydrogens is 296 g/mol. The molecule has 0 aromatic rings. The molecule has 4 heteroatoms. The van der Waals surface area contributed by atoms with Crippen molar-refractivity contribution in [3.05, 3.63) is 0 Å². The van der Waals surface area contributed by atoms with Crippen LogP contribution in [0.5, 0.6) is 0 Å². The van der Waals surface area contributed by atoms with Gasteiger partial charge in [-0.1, -0.05) is 82.3 Å². The van der Waals surface area contributed by atoms with E-state index in [-0.39, 0.29) is 5.97 Å². The quantitative estimate of drug-likeness (QED) is 0.227. The fraction of sp³-hybridized carbons (Fsp3) is 0.944. The van der Waals surface area contributed by atoms with Crippen LogP contribution >= 0.6 is 0 Å². The lowest BCUT2D eigenvalue weighted by Crippen LogP contribution is -2.17. The fourth-order valence-corrected chi connectivity index (χ4v) is 3.48. The van der Waals surface area contributed by atoms with Gasteiger partial charge < -0.3 is 9.29 Å². The van der Waals surface area contributed by atoms with Gasteiger partial charge in [-0.3, -0.25) is 4.79 Å². The van der Waals surface area contributed by atoms with E-state index in [0.717, 1.165) is 12.2 Å². The lowest BCUT2D eigenvalue weighted by atomic mass is 10.1. The topological polar surface area (TPSA) is 49.4 Å². The molecule has 0 spiro atoms. The van der Waals surface area contributed by atoms with Gasteiger partial charge in [0.1, 0.15) is 18.1 Å². The first-order valence-corrected chi connectivity index (χ1v) is 10.6. The van der Waals surface area contributed by atoms with Crippen molar-refractivity contribution in [2.45, 2.75) is 90.9 Å². The third-order valence-electron chi connectivity index (χ3n) is 3.84. The molecule has 0 aliphatic rings. The SMILES string of the molecule is CCCCCCCCCCCCCC[S+]([O-])CCOC(C)=O. The molecule has 0 aromatic carbocycles. The number of rotatable bonds is 16. The number of hydrogen-bond donors (Lipinski definition) is 0. The van der Waals surface area contributed by atoms with E-state index in [1.54, 1.807) is 0 Å². The smallest absolute Gasteiger partial charge is 0.302 e. The zero-order valence-corrected chi connectivity index (χ0v) is 15.6. The van der Waals surface area contributed by atoms with Crippen LogP contribution in [0.15, 0.2) is 0 Å². The van der Waals surface area contributed by atoms with Crippen LogP contribution in [-0.4, -0.2) is 28.6 Å². The first-order valence-electron chi connectivity index (χ1n) is 9.15. The standard InChI is InChI=1S/C18H36O3S/c1-3-4-5-6-7-8-9-10-11-12-13-14-16-22(20)17-15-21-18(2)19/h3-17H2,1-2H3. The first-order chi connectivity index (χ1) is 10.7. The minimum atomic E-state index is -0.828. The van der Waals surface area contributed by atoms with Crippen molar-refractivity contribution < 1.29 is 14.1 Å². The van der Waals surface area contributed by atoms with Crippen molar-refractivity contribution in [2.75, 3.05) is 18.1 Å². The molecule has 0 heterocycles. The second kappa shape index (κ2) is 17.1. The van der Waals surface area contributed by atoms with E-state index in [2.05, 4.69) is 6.92 Å². The van der Waals surface area contributed by atoms with Crippen molar-refractivity contribution in [3.63, 3.8) is 0 Å². The summed E-state index contributed by atoms with van der Waals surface area (Å²) < 4.78 is 16.4. The Kier molecular flexibility index (Phi) is 17.0. The van der Waals surface area contributed by atoms with Crippen molar-refractivity contribution in [1.29, 1.82) is 0 Å². The van der Waals surface area contributed by atoms with Gasteiger partial charge in [0.15, 0.2) is 0 Å². The van der Waals surface area contributed by atoms with Crippen LogP contribution in [0, 0.1) is 0 Å². The highest BCUT2D eigenvalue weighted by molar-refractivity contribution is 7.91. The molecule has 0 aliphatic heterocycles. The van der Waals surface area contributed by atoms with E-state index in [1.807, 2.05) is 0 Å². The van der Waals surface area contributed by atoms with Crippen LogP contribution in [0.4, 0.5) is 0 Å². The van der Waals surface area contributed by atoms with Crippen LogP contribution in [0.2, 0.25) is 0 Å². The molecule has 0 N–H and O–H groups in total. The van der Waals surface area contributed by atoms with E-state index < -0.39 is 11.2 Å². The summed E-state index contributed by atoms with van der Waals surface area (Å²) >= 11 is -0.828. The van der Waals surface area contributed by atoms with Gasteiger partial charge in [-0.05, 0) is 12.8 Å². The molecule has 3 nitrogen and oxygen atoms in total. The minimum absolute atomic E-state index is 0.289. The number of hydrogen-bond acceptors (Lipinski definition) is 3. The Labute approximate surface area is 140 Å². The summed E-state index contributed by atoms with van der Waals surface area (Å²) in [6.07, 6.45) is 15.8. The molecule has 0 saturated carbocycles. The predicted octanol–water partition coefficient (Wildman–Crippen LogP) is 5.00. The first kappa shape index (κ1) is 21.8. The number of unbranched alkanes of at least 4 members (excludes halogenated alkanes) is 11. The number of carbonyl (C=O) groups excluding carboxylic acids is 1. The third kappa shape index (κ3) is 17.8. The molecule has 0 aliphatic carbocycles. The van der Waals surface area contributed by atoms with Gasteiger partial charge >= 0.3 is 5.97 Å². The lowest BCUT2D eigenvalue weighted by molar-refractivity contribution is -0.140. The summed E-state index contributed by atoms with van der Waals surface area (Å²) in [5.41, 5.74) is 0. The van der Waals surface area contributed by atoms with E-state index in [0.29, 0.717) is 12.4 Å². The number of ether oxygens (including phenoxy) is 1. The Balaban J connectivity index is 3.11. The molecule has 0 radical (unpaired) electrons. The van der Waals surface area contributed by atoms with E-state index in [1.165, 1.54) is 77.6 Å². The average Bonchev–Trinajstić information content (AvgIpc) is 2.48. The van der Waals surface area contributed by atoms with Gasteiger partial charge in [0.2, 0.25) is 0 Å². The second-order valence-electron chi connectivity index (χ2n) is 6.08. The zero-order valence-electron chi connectivity index (χ0n) is 14.7. The molecule has 22 heavy (non-hydrogen) atoms. The summed E-state index contributed by atoms with van der Waals surface area (Å²) in [5, 5.41) is 0. The largest absolute Gasteiger partial charge is 0.616 e. The maximum atomic E-state index is 11.6. The van der Waals surface area contributed by atoms with Gasteiger partial charge in [0.05, 0.1) is 0 Å². The van der Waals surface area contributed by atoms with Crippen LogP contribution < -0.4 is 0 Å². The van der Waals surface area contributed by atoms with Crippen molar-refractivity contribution in [3.8, 4) is 0 Å². The number of carbonyl (C=O) groups is 1. The van der Waals surface area contributed by atoms with Crippen LogP contribution in [-0.2, 0) is 20.7 Å². The van der Waals surface area contributed by atoms with Gasteiger partial charge in [-0.2, -0.15) is 0 Å². The van der Waals surface area contributed by atoms with Crippen molar-refractivity contribution in [2.24, 2.45) is 0 Å². The Hall–Kier alpha value is -0.220. The Morgan fingerprint density at radius 2 is 1.27 bits per heavy atom. The minimum Gasteiger partial charge on any atom is -0.616 e. The molecule has 1 atom stereocenters. The summed E-state index contributed by atoms with van der Waals surface area (Å²) in [6, 6.07) is 0. The second-order valence-corrected chi connectivity index (χ2v) is 7.77. The predicted molar refractivity (Wildman–Crippen MR) is 95.6 cm³/mol. The fourth-order valence-electron chi connectivity index (χ4n) is 2.48. The summed E-state index contributed by atoms with van der Waals surface area (Å²) in [6.45, 7) is 3.93. The lowest BCUT2D eigenvalue weighted by Gasteiger charge is -2.10. The van der Waals surface area contributed by atoms with Crippen LogP contribution in [0.1, 0.15) is 90.9 Å². The van der Waals surface area contributed by atoms with Crippen LogP contribution in [0.3, 0.4) is 0 Å². The highest BCUT2D eigenvalue weighted by Gasteiger charge is 2.06. The van der Waals surface area contributed by atoms with Gasteiger partial charge in [-0.15, -0.1) is 0 Å². The molecule has 1 unspecified atom stereocenters. The highest BCUT2D eigenvalue weighted by Crippen LogP contribution is 2.12. The Bertz CT molecular complexity index is 246. The maximum Gasteiger partial charge on any atom is 0.302 e. The third-order valence-corrected chi connectivity index (χ3v) is 5.21. The summed E-state index contributed by atoms with van der Waals surface area (Å²) in [7, 11) is 0. The summed E-state index contributed by atoms with van der Waals surface area (Å²) in [5.74, 6) is 0.943. The number of esters is 1. The molecule has 0 saturated heterocycles. The molecule has 0 bridgehead atoms. The molecule has 0 rings (SSSR count). The molecule has 0 aromatic heterocycles. The Morgan fingerprint density at radius 1 is 0.818 bits per heavy atom. The highest BCUT2D eigenvalue weighted by atomic mass is 32.2. The molecule has 0 fully saturated rings. The molecule has 0 amide bonds. The van der Waals surface area contributed by atoms with E-state index in [4.69, 9.17) is 4.74 Å². The average molecular weight is 333 g/mol. The molecule has 132 valence electrons. The van der Waals surface area contributed by atoms with E-state index in [9.17, 15) is 9.35 Å². The van der Waals surface area contributed by atoms with Crippen molar-refractivity contribution >= 4 is 17.1 Å². The zero-order chi connectivity index (χ0) is 16.5. The van der Waals surface area contributed by atoms with Crippen LogP contribution in [0.25, 0.3) is 0 Å². The van der Waals surface area contributed by atoms with Gasteiger partial charge in [0, 0.05) is 6.92 Å². The van der Waals surface area contributed by atoms with Gasteiger partial charge in [-0.25, -0.2) is 0 Å². The van der Waals surface area contributed by atoms with Gasteiger partial charge in [0.25, 0.3) is 0 Å². The molecular formula is C18H36O3S. The monoisotopic (exact) mass is 332 g/mol. The van der Waals surface area contributed by atoms with Crippen molar-refractivity contribution in [1.82, 2.24) is 0 Å². The maximum absolute atomic E-state index is 11.6.